The van der Waals surface area contributed by atoms with Gasteiger partial charge in [0.2, 0.25) is 0 Å². The van der Waals surface area contributed by atoms with Crippen LogP contribution >= 0.6 is 11.6 Å². The van der Waals surface area contributed by atoms with Crippen LogP contribution in [0.2, 0.25) is 5.02 Å². The summed E-state index contributed by atoms with van der Waals surface area (Å²) >= 11 is 6.03. The van der Waals surface area contributed by atoms with E-state index in [1.54, 1.807) is 7.11 Å². The van der Waals surface area contributed by atoms with Gasteiger partial charge in [-0.05, 0) is 62.4 Å². The third-order valence-electron chi connectivity index (χ3n) is 5.15. The first-order valence-electron chi connectivity index (χ1n) is 9.06. The molecule has 0 aromatic heterocycles. The molecule has 0 bridgehead atoms. The van der Waals surface area contributed by atoms with E-state index in [1.165, 1.54) is 18.4 Å². The standard InChI is InChI=1S/C19H29ClN2O2/c1-24-13-18(23)12-22-10-8-17(9-11-22)21-19(14-2-3-14)15-4-6-16(20)7-5-15/h4-7,14,17-19,21,23H,2-3,8-13H2,1H3/t18-,19+/m0/s1. The first-order valence-corrected chi connectivity index (χ1v) is 9.44. The van der Waals surface area contributed by atoms with Gasteiger partial charge in [-0.25, -0.2) is 0 Å². The van der Waals surface area contributed by atoms with Crippen molar-refractivity contribution in [3.8, 4) is 0 Å². The summed E-state index contributed by atoms with van der Waals surface area (Å²) in [5.41, 5.74) is 1.36. The summed E-state index contributed by atoms with van der Waals surface area (Å²) in [4.78, 5) is 2.34. The number of halogens is 1. The number of hydrogen-bond acceptors (Lipinski definition) is 4. The molecule has 1 aromatic carbocycles. The van der Waals surface area contributed by atoms with Crippen LogP contribution in [-0.4, -0.2) is 55.5 Å². The van der Waals surface area contributed by atoms with Crippen LogP contribution in [0.25, 0.3) is 0 Å². The van der Waals surface area contributed by atoms with Gasteiger partial charge in [0.15, 0.2) is 0 Å². The summed E-state index contributed by atoms with van der Waals surface area (Å²) in [7, 11) is 1.63. The van der Waals surface area contributed by atoms with Crippen LogP contribution in [0.3, 0.4) is 0 Å². The van der Waals surface area contributed by atoms with Gasteiger partial charge in [0, 0.05) is 30.8 Å². The van der Waals surface area contributed by atoms with Crippen molar-refractivity contribution in [1.29, 1.82) is 0 Å². The van der Waals surface area contributed by atoms with Crippen molar-refractivity contribution >= 4 is 11.6 Å². The quantitative estimate of drug-likeness (QED) is 0.755. The van der Waals surface area contributed by atoms with Crippen LogP contribution in [0.15, 0.2) is 24.3 Å². The predicted octanol–water partition coefficient (Wildman–Crippen LogP) is 2.85. The zero-order chi connectivity index (χ0) is 16.9. The van der Waals surface area contributed by atoms with Gasteiger partial charge in [-0.1, -0.05) is 23.7 Å². The normalized spacial score (nSPS) is 22.5. The van der Waals surface area contributed by atoms with E-state index in [4.69, 9.17) is 16.3 Å². The van der Waals surface area contributed by atoms with Gasteiger partial charge in [-0.15, -0.1) is 0 Å². The number of piperidine rings is 1. The van der Waals surface area contributed by atoms with Crippen LogP contribution < -0.4 is 5.32 Å². The van der Waals surface area contributed by atoms with Gasteiger partial charge in [-0.2, -0.15) is 0 Å². The van der Waals surface area contributed by atoms with Crippen LogP contribution in [0.5, 0.6) is 0 Å². The second-order valence-corrected chi connectivity index (χ2v) is 7.65. The molecule has 2 atom stereocenters. The summed E-state index contributed by atoms with van der Waals surface area (Å²) in [6, 6.07) is 9.32. The lowest BCUT2D eigenvalue weighted by Crippen LogP contribution is -2.46. The summed E-state index contributed by atoms with van der Waals surface area (Å²) in [5, 5.41) is 14.6. The fraction of sp³-hybridized carbons (Fsp3) is 0.684. The van der Waals surface area contributed by atoms with Gasteiger partial charge in [-0.3, -0.25) is 0 Å². The van der Waals surface area contributed by atoms with Crippen LogP contribution in [0.1, 0.15) is 37.3 Å². The first-order chi connectivity index (χ1) is 11.7. The second-order valence-electron chi connectivity index (χ2n) is 7.22. The second kappa shape index (κ2) is 8.63. The van der Waals surface area contributed by atoms with Crippen molar-refractivity contribution in [3.05, 3.63) is 34.9 Å². The SMILES string of the molecule is COC[C@@H](O)CN1CCC(N[C@@H](c2ccc(Cl)cc2)C2CC2)CC1. The molecule has 24 heavy (non-hydrogen) atoms. The predicted molar refractivity (Wildman–Crippen MR) is 97.4 cm³/mol. The number of nitrogens with zero attached hydrogens (tertiary/aromatic N) is 1. The van der Waals surface area contributed by atoms with Crippen LogP contribution in [0, 0.1) is 5.92 Å². The number of rotatable bonds is 8. The van der Waals surface area contributed by atoms with Crippen molar-refractivity contribution < 1.29 is 9.84 Å². The van der Waals surface area contributed by atoms with Crippen molar-refractivity contribution in [2.75, 3.05) is 33.4 Å². The lowest BCUT2D eigenvalue weighted by atomic mass is 9.98. The van der Waals surface area contributed by atoms with E-state index in [0.29, 0.717) is 25.2 Å². The fourth-order valence-electron chi connectivity index (χ4n) is 3.68. The van der Waals surface area contributed by atoms with E-state index in [0.717, 1.165) is 36.9 Å². The molecule has 1 aliphatic heterocycles. The smallest absolute Gasteiger partial charge is 0.0900 e. The van der Waals surface area contributed by atoms with Crippen molar-refractivity contribution in [3.63, 3.8) is 0 Å². The van der Waals surface area contributed by atoms with E-state index in [2.05, 4.69) is 22.3 Å². The van der Waals surface area contributed by atoms with Crippen molar-refractivity contribution in [1.82, 2.24) is 10.2 Å². The molecule has 1 aromatic rings. The Bertz CT molecular complexity index is 499. The Labute approximate surface area is 150 Å². The largest absolute Gasteiger partial charge is 0.389 e. The minimum absolute atomic E-state index is 0.382. The molecular formula is C19H29ClN2O2. The lowest BCUT2D eigenvalue weighted by Gasteiger charge is -2.35. The number of aliphatic hydroxyl groups excluding tert-OH is 1. The third-order valence-corrected chi connectivity index (χ3v) is 5.41. The molecular weight excluding hydrogens is 324 g/mol. The Kier molecular flexibility index (Phi) is 6.53. The van der Waals surface area contributed by atoms with E-state index < -0.39 is 0 Å². The van der Waals surface area contributed by atoms with Crippen LogP contribution in [-0.2, 0) is 4.74 Å². The highest BCUT2D eigenvalue weighted by atomic mass is 35.5. The number of benzene rings is 1. The Hall–Kier alpha value is -0.650. The van der Waals surface area contributed by atoms with E-state index in [-0.39, 0.29) is 6.10 Å². The molecule has 3 rings (SSSR count). The van der Waals surface area contributed by atoms with Gasteiger partial charge >= 0.3 is 0 Å². The molecule has 1 aliphatic carbocycles. The Morgan fingerprint density at radius 1 is 1.21 bits per heavy atom. The average molecular weight is 353 g/mol. The molecule has 4 nitrogen and oxygen atoms in total. The monoisotopic (exact) mass is 352 g/mol. The molecule has 2 fully saturated rings. The number of aliphatic hydroxyl groups is 1. The lowest BCUT2D eigenvalue weighted by molar-refractivity contribution is 0.0306. The molecule has 0 amide bonds. The van der Waals surface area contributed by atoms with Crippen molar-refractivity contribution in [2.45, 2.75) is 43.9 Å². The number of likely N-dealkylation sites (tertiary alicyclic amines) is 1. The molecule has 1 saturated heterocycles. The molecule has 0 unspecified atom stereocenters. The number of β-amino-alcohol motifs (C(OH)–C–C–N with tert-alkyl or cyclic N) is 1. The molecule has 0 radical (unpaired) electrons. The number of ether oxygens (including phenoxy) is 1. The Morgan fingerprint density at radius 3 is 2.46 bits per heavy atom. The van der Waals surface area contributed by atoms with Gasteiger partial charge in [0.05, 0.1) is 12.7 Å². The van der Waals surface area contributed by atoms with E-state index in [9.17, 15) is 5.11 Å². The number of methoxy groups -OCH3 is 1. The molecule has 2 N–H and O–H groups in total. The molecule has 1 heterocycles. The van der Waals surface area contributed by atoms with E-state index in [1.807, 2.05) is 12.1 Å². The molecule has 0 spiro atoms. The topological polar surface area (TPSA) is 44.7 Å². The minimum atomic E-state index is -0.382. The number of nitrogens with one attached hydrogen (secondary N) is 1. The highest BCUT2D eigenvalue weighted by molar-refractivity contribution is 6.30. The minimum Gasteiger partial charge on any atom is -0.389 e. The maximum atomic E-state index is 9.87. The summed E-state index contributed by atoms with van der Waals surface area (Å²) in [5.74, 6) is 0.771. The van der Waals surface area contributed by atoms with Gasteiger partial charge in [0.25, 0.3) is 0 Å². The first kappa shape index (κ1) is 18.2. The summed E-state index contributed by atoms with van der Waals surface area (Å²) in [6.07, 6.45) is 4.53. The van der Waals surface area contributed by atoms with Crippen LogP contribution in [0.4, 0.5) is 0 Å². The summed E-state index contributed by atoms with van der Waals surface area (Å²) < 4.78 is 5.01. The summed E-state index contributed by atoms with van der Waals surface area (Å²) in [6.45, 7) is 3.20. The number of hydrogen-bond donors (Lipinski definition) is 2. The Balaban J connectivity index is 1.49. The van der Waals surface area contributed by atoms with Crippen molar-refractivity contribution in [2.24, 2.45) is 5.92 Å². The third kappa shape index (κ3) is 5.17. The zero-order valence-electron chi connectivity index (χ0n) is 14.5. The van der Waals surface area contributed by atoms with E-state index >= 15 is 0 Å². The highest BCUT2D eigenvalue weighted by Crippen LogP contribution is 2.41. The van der Waals surface area contributed by atoms with Gasteiger partial charge < -0.3 is 20.1 Å². The Morgan fingerprint density at radius 2 is 1.88 bits per heavy atom. The molecule has 1 saturated carbocycles. The zero-order valence-corrected chi connectivity index (χ0v) is 15.2. The molecule has 134 valence electrons. The highest BCUT2D eigenvalue weighted by Gasteiger charge is 2.34. The molecule has 2 aliphatic rings. The maximum absolute atomic E-state index is 9.87. The average Bonchev–Trinajstić information content (AvgIpc) is 3.40. The molecule has 5 heteroatoms. The fourth-order valence-corrected chi connectivity index (χ4v) is 3.81. The maximum Gasteiger partial charge on any atom is 0.0900 e. The van der Waals surface area contributed by atoms with Gasteiger partial charge in [0.1, 0.15) is 0 Å².